The SMILES string of the molecule is COc1cccc(C2CC(NC(C)CN3CCCC3)C2)c1. The molecule has 0 aromatic heterocycles. The highest BCUT2D eigenvalue weighted by molar-refractivity contribution is 5.32. The summed E-state index contributed by atoms with van der Waals surface area (Å²) in [5.74, 6) is 1.68. The Morgan fingerprint density at radius 3 is 2.76 bits per heavy atom. The molecule has 0 spiro atoms. The molecule has 1 atom stereocenters. The molecule has 2 aliphatic rings. The highest BCUT2D eigenvalue weighted by Gasteiger charge is 2.31. The summed E-state index contributed by atoms with van der Waals surface area (Å²) in [6.07, 6.45) is 5.29. The first-order valence-electron chi connectivity index (χ1n) is 8.37. The minimum atomic E-state index is 0.611. The molecule has 1 aromatic carbocycles. The van der Waals surface area contributed by atoms with Gasteiger partial charge in [-0.25, -0.2) is 0 Å². The van der Waals surface area contributed by atoms with Gasteiger partial charge in [-0.1, -0.05) is 12.1 Å². The molecule has 3 heteroatoms. The van der Waals surface area contributed by atoms with Crippen molar-refractivity contribution in [2.75, 3.05) is 26.7 Å². The van der Waals surface area contributed by atoms with Crippen LogP contribution in [-0.4, -0.2) is 43.7 Å². The van der Waals surface area contributed by atoms with Crippen LogP contribution in [-0.2, 0) is 0 Å². The lowest BCUT2D eigenvalue weighted by Crippen LogP contribution is -2.48. The molecule has 1 heterocycles. The second kappa shape index (κ2) is 6.80. The van der Waals surface area contributed by atoms with E-state index in [9.17, 15) is 0 Å². The molecular formula is C18H28N2O. The molecule has 0 radical (unpaired) electrons. The van der Waals surface area contributed by atoms with E-state index in [2.05, 4.69) is 35.3 Å². The van der Waals surface area contributed by atoms with Crippen LogP contribution in [0.5, 0.6) is 5.75 Å². The number of likely N-dealkylation sites (tertiary alicyclic amines) is 1. The molecule has 3 rings (SSSR count). The summed E-state index contributed by atoms with van der Waals surface area (Å²) in [7, 11) is 1.74. The van der Waals surface area contributed by atoms with Gasteiger partial charge in [-0.2, -0.15) is 0 Å². The minimum absolute atomic E-state index is 0.611. The van der Waals surface area contributed by atoms with E-state index in [1.165, 1.54) is 50.9 Å². The van der Waals surface area contributed by atoms with Crippen molar-refractivity contribution in [3.63, 3.8) is 0 Å². The van der Waals surface area contributed by atoms with Crippen molar-refractivity contribution in [3.05, 3.63) is 29.8 Å². The molecule has 1 aliphatic heterocycles. The normalized spacial score (nSPS) is 27.3. The first kappa shape index (κ1) is 14.9. The molecule has 1 saturated heterocycles. The third-order valence-corrected chi connectivity index (χ3v) is 4.95. The summed E-state index contributed by atoms with van der Waals surface area (Å²) in [5.41, 5.74) is 1.43. The monoisotopic (exact) mass is 288 g/mol. The van der Waals surface area contributed by atoms with E-state index in [0.717, 1.165) is 5.75 Å². The smallest absolute Gasteiger partial charge is 0.119 e. The highest BCUT2D eigenvalue weighted by Crippen LogP contribution is 2.38. The maximum atomic E-state index is 5.32. The first-order valence-corrected chi connectivity index (χ1v) is 8.37. The standard InChI is InChI=1S/C18H28N2O/c1-14(13-20-8-3-4-9-20)19-17-10-16(11-17)15-6-5-7-18(12-15)21-2/h5-7,12,14,16-17,19H,3-4,8-11,13H2,1-2H3. The van der Waals surface area contributed by atoms with Crippen molar-refractivity contribution >= 4 is 0 Å². The summed E-state index contributed by atoms with van der Waals surface area (Å²) in [5, 5.41) is 3.80. The van der Waals surface area contributed by atoms with E-state index in [1.54, 1.807) is 7.11 Å². The predicted molar refractivity (Wildman–Crippen MR) is 87.0 cm³/mol. The van der Waals surface area contributed by atoms with Gasteiger partial charge in [-0.15, -0.1) is 0 Å². The highest BCUT2D eigenvalue weighted by atomic mass is 16.5. The summed E-state index contributed by atoms with van der Waals surface area (Å²) in [4.78, 5) is 2.59. The second-order valence-electron chi connectivity index (χ2n) is 6.72. The second-order valence-corrected chi connectivity index (χ2v) is 6.72. The number of hydrogen-bond acceptors (Lipinski definition) is 3. The molecule has 1 N–H and O–H groups in total. The molecule has 1 saturated carbocycles. The Morgan fingerprint density at radius 1 is 1.29 bits per heavy atom. The Bertz CT molecular complexity index is 450. The van der Waals surface area contributed by atoms with Crippen LogP contribution in [0.25, 0.3) is 0 Å². The topological polar surface area (TPSA) is 24.5 Å². The third kappa shape index (κ3) is 3.78. The number of nitrogens with zero attached hydrogens (tertiary/aromatic N) is 1. The van der Waals surface area contributed by atoms with Gasteiger partial charge >= 0.3 is 0 Å². The van der Waals surface area contributed by atoms with Gasteiger partial charge < -0.3 is 15.0 Å². The van der Waals surface area contributed by atoms with E-state index in [0.29, 0.717) is 18.0 Å². The van der Waals surface area contributed by atoms with Crippen LogP contribution in [0.2, 0.25) is 0 Å². The van der Waals surface area contributed by atoms with Crippen LogP contribution in [0.3, 0.4) is 0 Å². The maximum Gasteiger partial charge on any atom is 0.119 e. The molecule has 2 fully saturated rings. The Balaban J connectivity index is 1.42. The third-order valence-electron chi connectivity index (χ3n) is 4.95. The van der Waals surface area contributed by atoms with Gasteiger partial charge in [0.2, 0.25) is 0 Å². The number of ether oxygens (including phenoxy) is 1. The molecule has 116 valence electrons. The average Bonchev–Trinajstić information content (AvgIpc) is 2.95. The molecule has 21 heavy (non-hydrogen) atoms. The number of rotatable bonds is 6. The Kier molecular flexibility index (Phi) is 4.81. The zero-order valence-corrected chi connectivity index (χ0v) is 13.3. The largest absolute Gasteiger partial charge is 0.497 e. The molecular weight excluding hydrogens is 260 g/mol. The Hall–Kier alpha value is -1.06. The summed E-state index contributed by atoms with van der Waals surface area (Å²) >= 11 is 0. The van der Waals surface area contributed by atoms with Crippen LogP contribution in [0.15, 0.2) is 24.3 Å². The van der Waals surface area contributed by atoms with E-state index < -0.39 is 0 Å². The first-order chi connectivity index (χ1) is 10.2. The minimum Gasteiger partial charge on any atom is -0.497 e. The van der Waals surface area contributed by atoms with Crippen molar-refractivity contribution < 1.29 is 4.74 Å². The number of nitrogens with one attached hydrogen (secondary N) is 1. The number of hydrogen-bond donors (Lipinski definition) is 1. The van der Waals surface area contributed by atoms with Crippen molar-refractivity contribution in [2.24, 2.45) is 0 Å². The van der Waals surface area contributed by atoms with E-state index >= 15 is 0 Å². The van der Waals surface area contributed by atoms with Gasteiger partial charge in [-0.3, -0.25) is 0 Å². The van der Waals surface area contributed by atoms with Crippen LogP contribution in [0.1, 0.15) is 44.1 Å². The van der Waals surface area contributed by atoms with Gasteiger partial charge in [-0.05, 0) is 69.3 Å². The molecule has 1 aliphatic carbocycles. The van der Waals surface area contributed by atoms with E-state index in [-0.39, 0.29) is 0 Å². The van der Waals surface area contributed by atoms with Gasteiger partial charge in [0.15, 0.2) is 0 Å². The summed E-state index contributed by atoms with van der Waals surface area (Å²) in [6.45, 7) is 6.13. The van der Waals surface area contributed by atoms with E-state index in [1.807, 2.05) is 6.07 Å². The van der Waals surface area contributed by atoms with Crippen LogP contribution >= 0.6 is 0 Å². The van der Waals surface area contributed by atoms with Crippen LogP contribution in [0, 0.1) is 0 Å². The Labute approximate surface area is 128 Å². The van der Waals surface area contributed by atoms with Crippen molar-refractivity contribution in [1.82, 2.24) is 10.2 Å². The Morgan fingerprint density at radius 2 is 2.05 bits per heavy atom. The fraction of sp³-hybridized carbons (Fsp3) is 0.667. The summed E-state index contributed by atoms with van der Waals surface area (Å²) in [6, 6.07) is 9.85. The lowest BCUT2D eigenvalue weighted by atomic mass is 9.75. The van der Waals surface area contributed by atoms with Gasteiger partial charge in [0.05, 0.1) is 7.11 Å². The van der Waals surface area contributed by atoms with Crippen LogP contribution < -0.4 is 10.1 Å². The lowest BCUT2D eigenvalue weighted by molar-refractivity contribution is 0.231. The van der Waals surface area contributed by atoms with Crippen LogP contribution in [0.4, 0.5) is 0 Å². The van der Waals surface area contributed by atoms with E-state index in [4.69, 9.17) is 4.74 Å². The lowest BCUT2D eigenvalue weighted by Gasteiger charge is -2.39. The molecule has 3 nitrogen and oxygen atoms in total. The quantitative estimate of drug-likeness (QED) is 0.871. The van der Waals surface area contributed by atoms with Crippen molar-refractivity contribution in [3.8, 4) is 5.75 Å². The van der Waals surface area contributed by atoms with Crippen molar-refractivity contribution in [1.29, 1.82) is 0 Å². The average molecular weight is 288 g/mol. The number of benzene rings is 1. The van der Waals surface area contributed by atoms with Crippen molar-refractivity contribution in [2.45, 2.75) is 50.6 Å². The number of methoxy groups -OCH3 is 1. The summed E-state index contributed by atoms with van der Waals surface area (Å²) < 4.78 is 5.32. The fourth-order valence-corrected chi connectivity index (χ4v) is 3.73. The molecule has 1 unspecified atom stereocenters. The molecule has 0 amide bonds. The zero-order chi connectivity index (χ0) is 14.7. The maximum absolute atomic E-state index is 5.32. The van der Waals surface area contributed by atoms with Gasteiger partial charge in [0.1, 0.15) is 5.75 Å². The molecule has 0 bridgehead atoms. The zero-order valence-electron chi connectivity index (χ0n) is 13.3. The van der Waals surface area contributed by atoms with Gasteiger partial charge in [0.25, 0.3) is 0 Å². The molecule has 1 aromatic rings. The van der Waals surface area contributed by atoms with Gasteiger partial charge in [0, 0.05) is 18.6 Å². The predicted octanol–water partition coefficient (Wildman–Crippen LogP) is 3.02. The fourth-order valence-electron chi connectivity index (χ4n) is 3.73.